The van der Waals surface area contributed by atoms with Crippen LogP contribution in [0.15, 0.2) is 24.4 Å². The summed E-state index contributed by atoms with van der Waals surface area (Å²) in [6, 6.07) is 5.19. The molecule has 104 valence electrons. The minimum atomic E-state index is -0.318. The van der Waals surface area contributed by atoms with Crippen LogP contribution in [-0.4, -0.2) is 22.6 Å². The zero-order valence-corrected chi connectivity index (χ0v) is 10.9. The minimum absolute atomic E-state index is 0.151. The van der Waals surface area contributed by atoms with Crippen LogP contribution >= 0.6 is 0 Å². The quantitative estimate of drug-likeness (QED) is 0.792. The van der Waals surface area contributed by atoms with Gasteiger partial charge in [0.2, 0.25) is 5.91 Å². The summed E-state index contributed by atoms with van der Waals surface area (Å²) in [5.41, 5.74) is 2.60. The Balaban J connectivity index is 1.76. The average Bonchev–Trinajstić information content (AvgIpc) is 2.95. The predicted molar refractivity (Wildman–Crippen MR) is 72.7 cm³/mol. The number of amides is 1. The summed E-state index contributed by atoms with van der Waals surface area (Å²) in [6.45, 7) is 1.43. The van der Waals surface area contributed by atoms with Gasteiger partial charge < -0.3 is 10.6 Å². The van der Waals surface area contributed by atoms with Crippen LogP contribution in [0.4, 0.5) is 10.1 Å². The number of hydrogen-bond acceptors (Lipinski definition) is 3. The van der Waals surface area contributed by atoms with Gasteiger partial charge in [-0.2, -0.15) is 5.10 Å². The Morgan fingerprint density at radius 3 is 3.10 bits per heavy atom. The summed E-state index contributed by atoms with van der Waals surface area (Å²) < 4.78 is 14.3. The lowest BCUT2D eigenvalue weighted by atomic mass is 9.99. The van der Waals surface area contributed by atoms with E-state index in [1.165, 1.54) is 0 Å². The van der Waals surface area contributed by atoms with E-state index < -0.39 is 0 Å². The molecule has 2 aromatic rings. The molecule has 0 fully saturated rings. The first-order valence-electron chi connectivity index (χ1n) is 6.53. The lowest BCUT2D eigenvalue weighted by molar-refractivity contribution is -0.115. The highest BCUT2D eigenvalue weighted by molar-refractivity contribution is 5.92. The monoisotopic (exact) mass is 274 g/mol. The van der Waals surface area contributed by atoms with Crippen molar-refractivity contribution >= 4 is 11.6 Å². The Bertz CT molecular complexity index is 624. The van der Waals surface area contributed by atoms with Crippen molar-refractivity contribution in [3.63, 3.8) is 0 Å². The Hall–Kier alpha value is -2.21. The summed E-state index contributed by atoms with van der Waals surface area (Å²) in [6.07, 6.45) is 2.37. The lowest BCUT2D eigenvalue weighted by Gasteiger charge is -2.19. The van der Waals surface area contributed by atoms with Crippen LogP contribution in [0.3, 0.4) is 0 Å². The molecule has 0 unspecified atom stereocenters. The molecule has 20 heavy (non-hydrogen) atoms. The van der Waals surface area contributed by atoms with E-state index in [1.54, 1.807) is 18.3 Å². The third-order valence-corrected chi connectivity index (χ3v) is 3.39. The first-order valence-corrected chi connectivity index (χ1v) is 6.53. The van der Waals surface area contributed by atoms with Gasteiger partial charge in [0.05, 0.1) is 12.1 Å². The van der Waals surface area contributed by atoms with Gasteiger partial charge in [0, 0.05) is 18.4 Å². The topological polar surface area (TPSA) is 69.8 Å². The van der Waals surface area contributed by atoms with E-state index in [2.05, 4.69) is 20.8 Å². The third-order valence-electron chi connectivity index (χ3n) is 3.39. The number of hydrogen-bond donors (Lipinski definition) is 3. The van der Waals surface area contributed by atoms with Crippen LogP contribution in [-0.2, 0) is 24.2 Å². The number of nitrogens with zero attached hydrogens (tertiary/aromatic N) is 1. The van der Waals surface area contributed by atoms with Gasteiger partial charge in [-0.3, -0.25) is 9.89 Å². The molecule has 1 aliphatic heterocycles. The van der Waals surface area contributed by atoms with Crippen LogP contribution in [0.1, 0.15) is 16.8 Å². The Morgan fingerprint density at radius 1 is 1.40 bits per heavy atom. The van der Waals surface area contributed by atoms with Crippen molar-refractivity contribution in [3.05, 3.63) is 47.0 Å². The second kappa shape index (κ2) is 5.42. The number of aromatic amines is 1. The van der Waals surface area contributed by atoms with E-state index in [4.69, 9.17) is 0 Å². The van der Waals surface area contributed by atoms with Crippen LogP contribution in [0.5, 0.6) is 0 Å². The van der Waals surface area contributed by atoms with Gasteiger partial charge in [0.25, 0.3) is 0 Å². The van der Waals surface area contributed by atoms with Crippen molar-refractivity contribution in [2.75, 3.05) is 11.9 Å². The van der Waals surface area contributed by atoms with E-state index in [0.717, 1.165) is 12.1 Å². The van der Waals surface area contributed by atoms with E-state index in [9.17, 15) is 9.18 Å². The molecule has 0 spiro atoms. The van der Waals surface area contributed by atoms with Crippen LogP contribution < -0.4 is 10.6 Å². The van der Waals surface area contributed by atoms with Crippen LogP contribution in [0.2, 0.25) is 0 Å². The van der Waals surface area contributed by atoms with Crippen molar-refractivity contribution in [1.29, 1.82) is 0 Å². The molecule has 3 rings (SSSR count). The first kappa shape index (κ1) is 12.8. The highest BCUT2D eigenvalue weighted by atomic mass is 19.1. The molecule has 3 N–H and O–H groups in total. The number of aromatic nitrogens is 2. The van der Waals surface area contributed by atoms with Gasteiger partial charge in [-0.1, -0.05) is 6.07 Å². The fourth-order valence-electron chi connectivity index (χ4n) is 2.38. The second-order valence-electron chi connectivity index (χ2n) is 4.80. The molecule has 0 saturated heterocycles. The number of fused-ring (bicyclic) bond motifs is 1. The summed E-state index contributed by atoms with van der Waals surface area (Å²) in [7, 11) is 0. The highest BCUT2D eigenvalue weighted by Crippen LogP contribution is 2.24. The van der Waals surface area contributed by atoms with Crippen molar-refractivity contribution in [2.24, 2.45) is 0 Å². The molecule has 1 aromatic heterocycles. The normalized spacial score (nSPS) is 13.8. The van der Waals surface area contributed by atoms with E-state index in [-0.39, 0.29) is 23.8 Å². The number of carbonyl (C=O) groups excluding carboxylic acids is 1. The number of rotatable bonds is 3. The van der Waals surface area contributed by atoms with Crippen LogP contribution in [0, 0.1) is 5.82 Å². The molecular weight excluding hydrogens is 259 g/mol. The zero-order chi connectivity index (χ0) is 13.9. The SMILES string of the molecule is O=C(Cc1ccn[nH]1)Nc1ccc2c(c1F)CCNC2. The molecule has 6 heteroatoms. The second-order valence-corrected chi connectivity index (χ2v) is 4.80. The van der Waals surface area contributed by atoms with Gasteiger partial charge in [0.15, 0.2) is 0 Å². The third kappa shape index (κ3) is 2.55. The van der Waals surface area contributed by atoms with Gasteiger partial charge >= 0.3 is 0 Å². The molecule has 0 aliphatic carbocycles. The van der Waals surface area contributed by atoms with Gasteiger partial charge in [-0.15, -0.1) is 0 Å². The van der Waals surface area contributed by atoms with Crippen molar-refractivity contribution in [3.8, 4) is 0 Å². The van der Waals surface area contributed by atoms with E-state index in [0.29, 0.717) is 24.2 Å². The van der Waals surface area contributed by atoms with Crippen molar-refractivity contribution < 1.29 is 9.18 Å². The molecular formula is C14H15FN4O. The van der Waals surface area contributed by atoms with E-state index in [1.807, 2.05) is 6.07 Å². The number of H-pyrrole nitrogens is 1. The molecule has 0 radical (unpaired) electrons. The maximum absolute atomic E-state index is 14.3. The maximum Gasteiger partial charge on any atom is 0.230 e. The molecule has 0 bridgehead atoms. The van der Waals surface area contributed by atoms with Gasteiger partial charge in [-0.25, -0.2) is 4.39 Å². The Morgan fingerprint density at radius 2 is 2.30 bits per heavy atom. The predicted octanol–water partition coefficient (Wildman–Crippen LogP) is 1.38. The number of anilines is 1. The lowest BCUT2D eigenvalue weighted by Crippen LogP contribution is -2.25. The first-order chi connectivity index (χ1) is 9.74. The molecule has 5 nitrogen and oxygen atoms in total. The highest BCUT2D eigenvalue weighted by Gasteiger charge is 2.17. The van der Waals surface area contributed by atoms with Crippen LogP contribution in [0.25, 0.3) is 0 Å². The minimum Gasteiger partial charge on any atom is -0.323 e. The molecule has 0 atom stereocenters. The summed E-state index contributed by atoms with van der Waals surface area (Å²) in [5.74, 6) is -0.580. The van der Waals surface area contributed by atoms with Gasteiger partial charge in [-0.05, 0) is 36.2 Å². The fourth-order valence-corrected chi connectivity index (χ4v) is 2.38. The molecule has 1 amide bonds. The fraction of sp³-hybridized carbons (Fsp3) is 0.286. The summed E-state index contributed by atoms with van der Waals surface area (Å²) in [4.78, 5) is 11.9. The zero-order valence-electron chi connectivity index (χ0n) is 10.9. The largest absolute Gasteiger partial charge is 0.323 e. The Kier molecular flexibility index (Phi) is 3.47. The molecule has 1 aliphatic rings. The molecule has 0 saturated carbocycles. The maximum atomic E-state index is 14.3. The van der Waals surface area contributed by atoms with Gasteiger partial charge in [0.1, 0.15) is 5.82 Å². The Labute approximate surface area is 115 Å². The molecule has 2 heterocycles. The van der Waals surface area contributed by atoms with E-state index >= 15 is 0 Å². The average molecular weight is 274 g/mol. The number of benzene rings is 1. The number of nitrogens with one attached hydrogen (secondary N) is 3. The smallest absolute Gasteiger partial charge is 0.230 e. The van der Waals surface area contributed by atoms with Crippen molar-refractivity contribution in [1.82, 2.24) is 15.5 Å². The number of carbonyl (C=O) groups is 1. The van der Waals surface area contributed by atoms with Crippen molar-refractivity contribution in [2.45, 2.75) is 19.4 Å². The molecule has 1 aromatic carbocycles. The summed E-state index contributed by atoms with van der Waals surface area (Å²) >= 11 is 0. The summed E-state index contributed by atoms with van der Waals surface area (Å²) in [5, 5.41) is 12.3. The standard InChI is InChI=1S/C14H15FN4O/c15-14-11-4-5-16-8-9(11)1-2-12(14)18-13(20)7-10-3-6-17-19-10/h1-3,6,16H,4-5,7-8H2,(H,17,19)(H,18,20). The number of halogens is 1.